The van der Waals surface area contributed by atoms with E-state index in [1.54, 1.807) is 30.3 Å². The minimum absolute atomic E-state index is 0.0320. The number of anilines is 1. The molecule has 0 amide bonds. The number of aromatic nitrogens is 1. The Morgan fingerprint density at radius 2 is 1.56 bits per heavy atom. The number of sulfonamides is 1. The van der Waals surface area contributed by atoms with Crippen molar-refractivity contribution in [3.05, 3.63) is 84.4 Å². The molecule has 0 saturated heterocycles. The lowest BCUT2D eigenvalue weighted by molar-refractivity contribution is 0.599. The van der Waals surface area contributed by atoms with Gasteiger partial charge in [0.05, 0.1) is 4.90 Å². The zero-order chi connectivity index (χ0) is 19.0. The Balaban J connectivity index is 1.66. The van der Waals surface area contributed by atoms with Crippen molar-refractivity contribution in [2.75, 3.05) is 4.72 Å². The van der Waals surface area contributed by atoms with E-state index in [9.17, 15) is 17.2 Å². The van der Waals surface area contributed by atoms with E-state index in [2.05, 4.69) is 9.71 Å². The van der Waals surface area contributed by atoms with E-state index in [4.69, 9.17) is 0 Å². The van der Waals surface area contributed by atoms with Gasteiger partial charge < -0.3 is 4.98 Å². The maximum absolute atomic E-state index is 13.4. The van der Waals surface area contributed by atoms with Gasteiger partial charge in [0.2, 0.25) is 0 Å². The number of H-pyrrole nitrogens is 1. The van der Waals surface area contributed by atoms with Crippen molar-refractivity contribution in [2.24, 2.45) is 0 Å². The summed E-state index contributed by atoms with van der Waals surface area (Å²) >= 11 is 0. The van der Waals surface area contributed by atoms with Crippen LogP contribution in [0.2, 0.25) is 0 Å². The maximum Gasteiger partial charge on any atom is 0.261 e. The van der Waals surface area contributed by atoms with Crippen LogP contribution < -0.4 is 4.72 Å². The molecule has 7 heteroatoms. The van der Waals surface area contributed by atoms with Crippen LogP contribution in [0.4, 0.5) is 14.5 Å². The van der Waals surface area contributed by atoms with Crippen molar-refractivity contribution in [1.29, 1.82) is 0 Å². The van der Waals surface area contributed by atoms with E-state index >= 15 is 0 Å². The lowest BCUT2D eigenvalue weighted by atomic mass is 10.1. The average molecular weight is 384 g/mol. The second-order valence-electron chi connectivity index (χ2n) is 6.05. The van der Waals surface area contributed by atoms with Crippen molar-refractivity contribution in [2.45, 2.75) is 4.90 Å². The summed E-state index contributed by atoms with van der Waals surface area (Å²) in [5.41, 5.74) is 2.62. The Hall–Kier alpha value is -3.19. The molecular weight excluding hydrogens is 370 g/mol. The summed E-state index contributed by atoms with van der Waals surface area (Å²) in [4.78, 5) is 3.15. The number of hydrogen-bond acceptors (Lipinski definition) is 2. The van der Waals surface area contributed by atoms with Crippen LogP contribution in [0, 0.1) is 11.6 Å². The van der Waals surface area contributed by atoms with Gasteiger partial charge in [0.25, 0.3) is 10.0 Å². The first-order chi connectivity index (χ1) is 12.9. The molecule has 0 unspecified atom stereocenters. The van der Waals surface area contributed by atoms with Crippen LogP contribution in [0.1, 0.15) is 0 Å². The zero-order valence-corrected chi connectivity index (χ0v) is 14.7. The first-order valence-electron chi connectivity index (χ1n) is 8.08. The van der Waals surface area contributed by atoms with Crippen molar-refractivity contribution in [3.8, 4) is 11.3 Å². The lowest BCUT2D eigenvalue weighted by Gasteiger charge is -2.09. The van der Waals surface area contributed by atoms with E-state index in [-0.39, 0.29) is 10.7 Å². The highest BCUT2D eigenvalue weighted by atomic mass is 32.2. The van der Waals surface area contributed by atoms with Gasteiger partial charge >= 0.3 is 0 Å². The highest BCUT2D eigenvalue weighted by Crippen LogP contribution is 2.27. The monoisotopic (exact) mass is 384 g/mol. The molecule has 0 radical (unpaired) electrons. The molecule has 2 N–H and O–H groups in total. The van der Waals surface area contributed by atoms with Gasteiger partial charge in [-0.1, -0.05) is 12.1 Å². The summed E-state index contributed by atoms with van der Waals surface area (Å²) < 4.78 is 53.8. The molecule has 1 heterocycles. The van der Waals surface area contributed by atoms with Crippen LogP contribution in [0.3, 0.4) is 0 Å². The molecule has 0 fully saturated rings. The van der Waals surface area contributed by atoms with Crippen molar-refractivity contribution in [1.82, 2.24) is 4.98 Å². The minimum atomic E-state index is -3.84. The Bertz CT molecular complexity index is 1230. The molecule has 0 aliphatic heterocycles. The summed E-state index contributed by atoms with van der Waals surface area (Å²) in [5.74, 6) is -0.833. The second kappa shape index (κ2) is 6.51. The molecule has 136 valence electrons. The molecule has 4 nitrogen and oxygen atoms in total. The van der Waals surface area contributed by atoms with Crippen LogP contribution in [0.5, 0.6) is 0 Å². The largest absolute Gasteiger partial charge is 0.355 e. The van der Waals surface area contributed by atoms with Crippen molar-refractivity contribution < 1.29 is 17.2 Å². The smallest absolute Gasteiger partial charge is 0.261 e. The molecule has 0 aliphatic rings. The summed E-state index contributed by atoms with van der Waals surface area (Å²) in [6, 6.07) is 17.6. The molecular formula is C20H14F2N2O2S. The third-order valence-electron chi connectivity index (χ3n) is 4.13. The number of fused-ring (bicyclic) bond motifs is 1. The number of benzene rings is 3. The molecule has 0 atom stereocenters. The number of halogens is 2. The third kappa shape index (κ3) is 3.54. The molecule has 0 saturated carbocycles. The Morgan fingerprint density at radius 3 is 2.33 bits per heavy atom. The quantitative estimate of drug-likeness (QED) is 0.525. The predicted molar refractivity (Wildman–Crippen MR) is 101 cm³/mol. The van der Waals surface area contributed by atoms with Gasteiger partial charge in [-0.15, -0.1) is 0 Å². The average Bonchev–Trinajstić information content (AvgIpc) is 3.05. The fourth-order valence-electron chi connectivity index (χ4n) is 2.84. The lowest BCUT2D eigenvalue weighted by Crippen LogP contribution is -2.12. The van der Waals surface area contributed by atoms with Gasteiger partial charge in [-0.25, -0.2) is 17.2 Å². The Labute approximate surface area is 154 Å². The number of nitrogens with one attached hydrogen (secondary N) is 2. The highest BCUT2D eigenvalue weighted by Gasteiger charge is 2.15. The van der Waals surface area contributed by atoms with Gasteiger partial charge in [-0.05, 0) is 60.7 Å². The standard InChI is InChI=1S/C20H14F2N2O2S/c21-15-4-7-18(8-5-15)27(25,26)24-17-3-1-2-13(11-17)20-12-14-10-16(22)6-9-19(14)23-20/h1-12,23-24H. The van der Waals surface area contributed by atoms with E-state index in [0.29, 0.717) is 5.69 Å². The third-order valence-corrected chi connectivity index (χ3v) is 5.53. The van der Waals surface area contributed by atoms with E-state index in [0.717, 1.165) is 34.3 Å². The van der Waals surface area contributed by atoms with E-state index in [1.807, 2.05) is 6.07 Å². The highest BCUT2D eigenvalue weighted by molar-refractivity contribution is 7.92. The molecule has 1 aromatic heterocycles. The van der Waals surface area contributed by atoms with Gasteiger partial charge in [0, 0.05) is 27.8 Å². The first-order valence-corrected chi connectivity index (χ1v) is 9.56. The van der Waals surface area contributed by atoms with E-state index < -0.39 is 15.8 Å². The van der Waals surface area contributed by atoms with Gasteiger partial charge in [0.1, 0.15) is 11.6 Å². The SMILES string of the molecule is O=S(=O)(Nc1cccc(-c2cc3cc(F)ccc3[nH]2)c1)c1ccc(F)cc1. The van der Waals surface area contributed by atoms with Crippen LogP contribution in [0.25, 0.3) is 22.2 Å². The topological polar surface area (TPSA) is 62.0 Å². The van der Waals surface area contributed by atoms with Crippen LogP contribution in [-0.4, -0.2) is 13.4 Å². The Kier molecular flexibility index (Phi) is 4.16. The first kappa shape index (κ1) is 17.2. The molecule has 0 bridgehead atoms. The van der Waals surface area contributed by atoms with Crippen LogP contribution in [0.15, 0.2) is 77.7 Å². The van der Waals surface area contributed by atoms with Gasteiger partial charge in [-0.2, -0.15) is 0 Å². The van der Waals surface area contributed by atoms with Gasteiger partial charge in [0.15, 0.2) is 0 Å². The number of hydrogen-bond donors (Lipinski definition) is 2. The minimum Gasteiger partial charge on any atom is -0.355 e. The molecule has 4 rings (SSSR count). The normalized spacial score (nSPS) is 11.6. The summed E-state index contributed by atoms with van der Waals surface area (Å²) in [6.45, 7) is 0. The molecule has 3 aromatic carbocycles. The zero-order valence-electron chi connectivity index (χ0n) is 13.9. The number of aromatic amines is 1. The van der Waals surface area contributed by atoms with Crippen molar-refractivity contribution >= 4 is 26.6 Å². The van der Waals surface area contributed by atoms with Crippen LogP contribution in [-0.2, 0) is 10.0 Å². The summed E-state index contributed by atoms with van der Waals surface area (Å²) in [6.07, 6.45) is 0. The summed E-state index contributed by atoms with van der Waals surface area (Å²) in [5, 5.41) is 0.724. The van der Waals surface area contributed by atoms with Crippen LogP contribution >= 0.6 is 0 Å². The second-order valence-corrected chi connectivity index (χ2v) is 7.74. The fraction of sp³-hybridized carbons (Fsp3) is 0. The molecule has 4 aromatic rings. The Morgan fingerprint density at radius 1 is 0.815 bits per heavy atom. The van der Waals surface area contributed by atoms with Crippen molar-refractivity contribution in [3.63, 3.8) is 0 Å². The maximum atomic E-state index is 13.4. The molecule has 27 heavy (non-hydrogen) atoms. The predicted octanol–water partition coefficient (Wildman–Crippen LogP) is 4.91. The number of rotatable bonds is 4. The summed E-state index contributed by atoms with van der Waals surface area (Å²) in [7, 11) is -3.84. The molecule has 0 aliphatic carbocycles. The van der Waals surface area contributed by atoms with Gasteiger partial charge in [-0.3, -0.25) is 4.72 Å². The molecule has 0 spiro atoms. The fourth-order valence-corrected chi connectivity index (χ4v) is 3.89. The van der Waals surface area contributed by atoms with E-state index in [1.165, 1.54) is 24.3 Å².